The molecule has 1 amide bonds. The second-order valence-corrected chi connectivity index (χ2v) is 4.37. The van der Waals surface area contributed by atoms with Crippen LogP contribution >= 0.6 is 0 Å². The molecule has 0 fully saturated rings. The number of rotatable bonds is 13. The number of aliphatic hydroxyl groups excluding tert-OH is 1. The van der Waals surface area contributed by atoms with E-state index < -0.39 is 0 Å². The second kappa shape index (κ2) is 13.8. The normalized spacial score (nSPS) is 10.9. The zero-order valence-electron chi connectivity index (χ0n) is 12.3. The van der Waals surface area contributed by atoms with E-state index in [0.29, 0.717) is 26.2 Å². The first-order valence-corrected chi connectivity index (χ1v) is 7.35. The van der Waals surface area contributed by atoms with Crippen LogP contribution in [0.3, 0.4) is 0 Å². The Bertz CT molecular complexity index is 206. The molecular formula is C14H29NO4. The first-order chi connectivity index (χ1) is 9.24. The fraction of sp³-hybridized carbons (Fsp3) is 0.929. The molecule has 0 unspecified atom stereocenters. The van der Waals surface area contributed by atoms with Gasteiger partial charge in [-0.15, -0.1) is 0 Å². The highest BCUT2D eigenvalue weighted by atomic mass is 16.7. The van der Waals surface area contributed by atoms with Crippen LogP contribution in [0.25, 0.3) is 0 Å². The highest BCUT2D eigenvalue weighted by Gasteiger charge is 2.07. The van der Waals surface area contributed by atoms with Crippen LogP contribution < -0.4 is 5.32 Å². The second-order valence-electron chi connectivity index (χ2n) is 4.37. The van der Waals surface area contributed by atoms with Crippen molar-refractivity contribution in [3.05, 3.63) is 0 Å². The molecule has 5 heteroatoms. The largest absolute Gasteiger partial charge is 0.396 e. The van der Waals surface area contributed by atoms with Gasteiger partial charge in [0.2, 0.25) is 5.91 Å². The summed E-state index contributed by atoms with van der Waals surface area (Å²) in [7, 11) is 0. The van der Waals surface area contributed by atoms with Gasteiger partial charge in [-0.25, -0.2) is 0 Å². The van der Waals surface area contributed by atoms with Crippen molar-refractivity contribution in [2.45, 2.75) is 58.7 Å². The molecule has 0 saturated heterocycles. The van der Waals surface area contributed by atoms with E-state index in [4.69, 9.17) is 14.6 Å². The molecule has 0 aromatic rings. The van der Waals surface area contributed by atoms with Crippen LogP contribution in [0, 0.1) is 0 Å². The number of carbonyl (C=O) groups excluding carboxylic acids is 1. The number of unbranched alkanes of at least 4 members (excludes halogenated alkanes) is 2. The van der Waals surface area contributed by atoms with Crippen LogP contribution in [0.5, 0.6) is 0 Å². The van der Waals surface area contributed by atoms with Gasteiger partial charge in [-0.2, -0.15) is 0 Å². The highest BCUT2D eigenvalue weighted by Crippen LogP contribution is 2.04. The summed E-state index contributed by atoms with van der Waals surface area (Å²) in [5.74, 6) is 0.0855. The Morgan fingerprint density at radius 2 is 1.79 bits per heavy atom. The van der Waals surface area contributed by atoms with E-state index in [1.165, 1.54) is 0 Å². The maximum atomic E-state index is 11.5. The van der Waals surface area contributed by atoms with Crippen molar-refractivity contribution in [1.29, 1.82) is 0 Å². The predicted octanol–water partition coefficient (Wildman–Crippen LogP) is 1.83. The number of nitrogens with one attached hydrogen (secondary N) is 1. The molecule has 0 aromatic heterocycles. The van der Waals surface area contributed by atoms with Crippen LogP contribution in [0.15, 0.2) is 0 Å². The molecule has 5 nitrogen and oxygen atoms in total. The van der Waals surface area contributed by atoms with Gasteiger partial charge in [0.25, 0.3) is 0 Å². The van der Waals surface area contributed by atoms with Crippen LogP contribution in [0.4, 0.5) is 0 Å². The summed E-state index contributed by atoms with van der Waals surface area (Å²) < 4.78 is 10.8. The lowest BCUT2D eigenvalue weighted by Crippen LogP contribution is -2.26. The minimum atomic E-state index is -0.156. The molecule has 0 heterocycles. The monoisotopic (exact) mass is 275 g/mol. The Morgan fingerprint density at radius 1 is 1.11 bits per heavy atom. The van der Waals surface area contributed by atoms with Gasteiger partial charge < -0.3 is 19.9 Å². The van der Waals surface area contributed by atoms with Crippen molar-refractivity contribution >= 4 is 5.91 Å². The predicted molar refractivity (Wildman–Crippen MR) is 74.8 cm³/mol. The third-order valence-corrected chi connectivity index (χ3v) is 2.71. The van der Waals surface area contributed by atoms with Gasteiger partial charge in [0, 0.05) is 39.2 Å². The first-order valence-electron chi connectivity index (χ1n) is 7.35. The highest BCUT2D eigenvalue weighted by molar-refractivity contribution is 5.75. The first kappa shape index (κ1) is 18.4. The fourth-order valence-corrected chi connectivity index (χ4v) is 1.75. The van der Waals surface area contributed by atoms with Crippen LogP contribution in [0.1, 0.15) is 52.4 Å². The third kappa shape index (κ3) is 12.1. The maximum Gasteiger partial charge on any atom is 0.219 e. The van der Waals surface area contributed by atoms with Gasteiger partial charge in [0.05, 0.1) is 0 Å². The molecule has 114 valence electrons. The van der Waals surface area contributed by atoms with E-state index >= 15 is 0 Å². The summed E-state index contributed by atoms with van der Waals surface area (Å²) in [5, 5.41) is 11.5. The van der Waals surface area contributed by atoms with Gasteiger partial charge >= 0.3 is 0 Å². The van der Waals surface area contributed by atoms with E-state index in [0.717, 1.165) is 32.1 Å². The Labute approximate surface area is 116 Å². The summed E-state index contributed by atoms with van der Waals surface area (Å²) in [5.41, 5.74) is 0. The third-order valence-electron chi connectivity index (χ3n) is 2.71. The average molecular weight is 275 g/mol. The van der Waals surface area contributed by atoms with Crippen molar-refractivity contribution in [3.8, 4) is 0 Å². The molecule has 0 aromatic carbocycles. The van der Waals surface area contributed by atoms with Gasteiger partial charge in [0.15, 0.2) is 6.29 Å². The lowest BCUT2D eigenvalue weighted by atomic mass is 10.2. The Hall–Kier alpha value is -0.650. The van der Waals surface area contributed by atoms with E-state index in [1.54, 1.807) is 0 Å². The molecule has 0 rings (SSSR count). The Kier molecular flexibility index (Phi) is 13.3. The molecule has 2 N–H and O–H groups in total. The van der Waals surface area contributed by atoms with Crippen LogP contribution in [-0.2, 0) is 14.3 Å². The number of hydrogen-bond acceptors (Lipinski definition) is 4. The topological polar surface area (TPSA) is 67.8 Å². The summed E-state index contributed by atoms with van der Waals surface area (Å²) >= 11 is 0. The molecule has 0 radical (unpaired) electrons. The molecule has 0 aliphatic rings. The Balaban J connectivity index is 3.47. The zero-order chi connectivity index (χ0) is 14.3. The average Bonchev–Trinajstić information content (AvgIpc) is 2.40. The summed E-state index contributed by atoms with van der Waals surface area (Å²) in [6.07, 6.45) is 4.56. The number of hydrogen-bond donors (Lipinski definition) is 2. The quantitative estimate of drug-likeness (QED) is 0.397. The number of amides is 1. The minimum absolute atomic E-state index is 0.0855. The lowest BCUT2D eigenvalue weighted by Gasteiger charge is -2.16. The molecule has 0 aliphatic heterocycles. The van der Waals surface area contributed by atoms with Gasteiger partial charge in [-0.05, 0) is 33.1 Å². The molecular weight excluding hydrogens is 246 g/mol. The summed E-state index contributed by atoms with van der Waals surface area (Å²) in [6, 6.07) is 0. The minimum Gasteiger partial charge on any atom is -0.396 e. The van der Waals surface area contributed by atoms with Gasteiger partial charge in [0.1, 0.15) is 0 Å². The van der Waals surface area contributed by atoms with Crippen LogP contribution in [0.2, 0.25) is 0 Å². The van der Waals surface area contributed by atoms with E-state index in [2.05, 4.69) is 5.32 Å². The van der Waals surface area contributed by atoms with Crippen molar-refractivity contribution in [1.82, 2.24) is 5.32 Å². The molecule has 19 heavy (non-hydrogen) atoms. The molecule has 0 atom stereocenters. The fourth-order valence-electron chi connectivity index (χ4n) is 1.75. The van der Waals surface area contributed by atoms with Crippen LogP contribution in [-0.4, -0.2) is 43.7 Å². The molecule has 0 bridgehead atoms. The number of ether oxygens (including phenoxy) is 2. The van der Waals surface area contributed by atoms with Crippen molar-refractivity contribution in [2.24, 2.45) is 0 Å². The maximum absolute atomic E-state index is 11.5. The molecule has 0 saturated carbocycles. The standard InChI is InChI=1S/C14H29NO4/c1-3-18-14(19-4-2)10-8-11-15-13(17)9-6-5-7-12-16/h14,16H,3-12H2,1-2H3,(H,15,17). The number of carbonyl (C=O) groups is 1. The van der Waals surface area contributed by atoms with Crippen molar-refractivity contribution < 1.29 is 19.4 Å². The van der Waals surface area contributed by atoms with E-state index in [-0.39, 0.29) is 18.8 Å². The van der Waals surface area contributed by atoms with Crippen molar-refractivity contribution in [2.75, 3.05) is 26.4 Å². The van der Waals surface area contributed by atoms with E-state index in [9.17, 15) is 4.79 Å². The molecule has 0 spiro atoms. The van der Waals surface area contributed by atoms with Gasteiger partial charge in [-0.3, -0.25) is 4.79 Å². The number of aliphatic hydroxyl groups is 1. The summed E-state index contributed by atoms with van der Waals surface area (Å²) in [4.78, 5) is 11.5. The van der Waals surface area contributed by atoms with Crippen molar-refractivity contribution in [3.63, 3.8) is 0 Å². The Morgan fingerprint density at radius 3 is 2.37 bits per heavy atom. The summed E-state index contributed by atoms with van der Waals surface area (Å²) in [6.45, 7) is 6.04. The molecule has 0 aliphatic carbocycles. The van der Waals surface area contributed by atoms with E-state index in [1.807, 2.05) is 13.8 Å². The lowest BCUT2D eigenvalue weighted by molar-refractivity contribution is -0.140. The smallest absolute Gasteiger partial charge is 0.219 e. The SMILES string of the molecule is CCOC(CCCNC(=O)CCCCCO)OCC. The van der Waals surface area contributed by atoms with Gasteiger partial charge in [-0.1, -0.05) is 6.42 Å². The zero-order valence-corrected chi connectivity index (χ0v) is 12.3.